The van der Waals surface area contributed by atoms with E-state index in [-0.39, 0.29) is 11.4 Å². The standard InChI is InChI=1S/C9H7N7O2/c17-16(18)9-7(5-1-10-11-2-5)14-15-8(9)6-3-12-13-4-6/h1-4H,(H,10,11)(H,12,13)(H,14,15). The summed E-state index contributed by atoms with van der Waals surface area (Å²) in [4.78, 5) is 10.7. The number of rotatable bonds is 3. The van der Waals surface area contributed by atoms with Gasteiger partial charge in [0.2, 0.25) is 0 Å². The quantitative estimate of drug-likeness (QED) is 0.470. The Morgan fingerprint density at radius 1 is 1.11 bits per heavy atom. The first-order chi connectivity index (χ1) is 8.77. The van der Waals surface area contributed by atoms with Crippen molar-refractivity contribution in [2.45, 2.75) is 0 Å². The number of hydrogen-bond donors (Lipinski definition) is 3. The third-order valence-corrected chi connectivity index (χ3v) is 2.48. The van der Waals surface area contributed by atoms with Gasteiger partial charge in [0, 0.05) is 23.5 Å². The SMILES string of the molecule is O=[N+]([O-])c1c(-c2cn[nH]c2)n[nH]c1-c1cn[nH]c1. The predicted molar refractivity (Wildman–Crippen MR) is 60.4 cm³/mol. The lowest BCUT2D eigenvalue weighted by Gasteiger charge is -1.93. The van der Waals surface area contributed by atoms with Crippen LogP contribution in [-0.2, 0) is 0 Å². The highest BCUT2D eigenvalue weighted by Gasteiger charge is 2.27. The Balaban J connectivity index is 2.21. The Bertz CT molecular complexity index is 616. The van der Waals surface area contributed by atoms with Crippen LogP contribution in [0.25, 0.3) is 22.5 Å². The minimum absolute atomic E-state index is 0.0993. The van der Waals surface area contributed by atoms with E-state index in [0.717, 1.165) is 0 Å². The second-order valence-corrected chi connectivity index (χ2v) is 3.53. The average molecular weight is 245 g/mol. The first kappa shape index (κ1) is 10.2. The van der Waals surface area contributed by atoms with Crippen molar-refractivity contribution in [2.75, 3.05) is 0 Å². The fourth-order valence-electron chi connectivity index (χ4n) is 1.68. The van der Waals surface area contributed by atoms with Gasteiger partial charge in [0.1, 0.15) is 5.69 Å². The van der Waals surface area contributed by atoms with E-state index in [0.29, 0.717) is 16.8 Å². The van der Waals surface area contributed by atoms with Crippen molar-refractivity contribution < 1.29 is 4.92 Å². The van der Waals surface area contributed by atoms with E-state index in [1.807, 2.05) is 0 Å². The number of aromatic amines is 3. The van der Waals surface area contributed by atoms with Gasteiger partial charge in [-0.15, -0.1) is 0 Å². The fourth-order valence-corrected chi connectivity index (χ4v) is 1.68. The fraction of sp³-hybridized carbons (Fsp3) is 0. The summed E-state index contributed by atoms with van der Waals surface area (Å²) in [5, 5.41) is 30.5. The molecule has 18 heavy (non-hydrogen) atoms. The highest BCUT2D eigenvalue weighted by atomic mass is 16.6. The number of nitro groups is 1. The lowest BCUT2D eigenvalue weighted by Crippen LogP contribution is -1.91. The molecule has 3 heterocycles. The second kappa shape index (κ2) is 3.80. The third-order valence-electron chi connectivity index (χ3n) is 2.48. The van der Waals surface area contributed by atoms with Crippen molar-refractivity contribution in [3.05, 3.63) is 34.9 Å². The molecule has 3 rings (SSSR count). The van der Waals surface area contributed by atoms with Gasteiger partial charge in [-0.05, 0) is 0 Å². The first-order valence-electron chi connectivity index (χ1n) is 4.98. The van der Waals surface area contributed by atoms with Crippen molar-refractivity contribution >= 4 is 5.69 Å². The maximum atomic E-state index is 11.2. The molecular formula is C9H7N7O2. The van der Waals surface area contributed by atoms with E-state index in [1.54, 1.807) is 12.4 Å². The first-order valence-corrected chi connectivity index (χ1v) is 4.98. The molecule has 3 aromatic heterocycles. The van der Waals surface area contributed by atoms with Crippen molar-refractivity contribution in [3.63, 3.8) is 0 Å². The molecule has 90 valence electrons. The van der Waals surface area contributed by atoms with Gasteiger partial charge in [-0.3, -0.25) is 25.4 Å². The summed E-state index contributed by atoms with van der Waals surface area (Å²) >= 11 is 0. The molecule has 3 aromatic rings. The van der Waals surface area contributed by atoms with Crippen molar-refractivity contribution in [2.24, 2.45) is 0 Å². The molecule has 0 aliphatic carbocycles. The van der Waals surface area contributed by atoms with Crippen LogP contribution in [0.5, 0.6) is 0 Å². The van der Waals surface area contributed by atoms with Crippen LogP contribution >= 0.6 is 0 Å². The van der Waals surface area contributed by atoms with Crippen LogP contribution in [0.2, 0.25) is 0 Å². The van der Waals surface area contributed by atoms with E-state index in [4.69, 9.17) is 0 Å². The average Bonchev–Trinajstić information content (AvgIpc) is 3.10. The summed E-state index contributed by atoms with van der Waals surface area (Å²) in [5.74, 6) is 0. The molecule has 3 N–H and O–H groups in total. The Kier molecular flexibility index (Phi) is 2.15. The molecule has 0 saturated heterocycles. The van der Waals surface area contributed by atoms with Crippen LogP contribution in [0.1, 0.15) is 0 Å². The number of nitrogens with zero attached hydrogens (tertiary/aromatic N) is 4. The van der Waals surface area contributed by atoms with Crippen LogP contribution in [0.4, 0.5) is 5.69 Å². The molecule has 0 aliphatic heterocycles. The maximum Gasteiger partial charge on any atom is 0.322 e. The lowest BCUT2D eigenvalue weighted by molar-refractivity contribution is -0.383. The summed E-state index contributed by atoms with van der Waals surface area (Å²) in [7, 11) is 0. The van der Waals surface area contributed by atoms with Crippen LogP contribution in [-0.4, -0.2) is 35.5 Å². The summed E-state index contributed by atoms with van der Waals surface area (Å²) in [6, 6.07) is 0. The molecule has 0 spiro atoms. The summed E-state index contributed by atoms with van der Waals surface area (Å²) < 4.78 is 0. The minimum atomic E-state index is -0.478. The molecule has 0 radical (unpaired) electrons. The molecular weight excluding hydrogens is 238 g/mol. The number of aromatic nitrogens is 6. The molecule has 0 fully saturated rings. The van der Waals surface area contributed by atoms with Crippen LogP contribution < -0.4 is 0 Å². The molecule has 0 unspecified atom stereocenters. The van der Waals surface area contributed by atoms with Crippen molar-refractivity contribution in [3.8, 4) is 22.5 Å². The zero-order valence-corrected chi connectivity index (χ0v) is 8.91. The van der Waals surface area contributed by atoms with Gasteiger partial charge in [0.15, 0.2) is 5.69 Å². The normalized spacial score (nSPS) is 10.7. The number of nitrogens with one attached hydrogen (secondary N) is 3. The van der Waals surface area contributed by atoms with Gasteiger partial charge in [-0.25, -0.2) is 0 Å². The Labute approximate surface area is 99.4 Å². The molecule has 0 amide bonds. The van der Waals surface area contributed by atoms with Gasteiger partial charge >= 0.3 is 5.69 Å². The molecule has 9 nitrogen and oxygen atoms in total. The Morgan fingerprint density at radius 2 is 1.78 bits per heavy atom. The van der Waals surface area contributed by atoms with Gasteiger partial charge < -0.3 is 0 Å². The molecule has 0 aromatic carbocycles. The van der Waals surface area contributed by atoms with Crippen LogP contribution in [0, 0.1) is 10.1 Å². The summed E-state index contributed by atoms with van der Waals surface area (Å²) in [5.41, 5.74) is 1.57. The molecule has 9 heteroatoms. The van der Waals surface area contributed by atoms with E-state index in [2.05, 4.69) is 30.6 Å². The van der Waals surface area contributed by atoms with Gasteiger partial charge in [-0.1, -0.05) is 0 Å². The maximum absolute atomic E-state index is 11.2. The van der Waals surface area contributed by atoms with Crippen LogP contribution in [0.15, 0.2) is 24.8 Å². The Hall–Kier alpha value is -2.97. The van der Waals surface area contributed by atoms with Crippen molar-refractivity contribution in [1.29, 1.82) is 0 Å². The summed E-state index contributed by atoms with van der Waals surface area (Å²) in [6.45, 7) is 0. The third kappa shape index (κ3) is 1.45. The molecule has 0 saturated carbocycles. The van der Waals surface area contributed by atoms with Crippen molar-refractivity contribution in [1.82, 2.24) is 30.6 Å². The van der Waals surface area contributed by atoms with Gasteiger partial charge in [0.05, 0.1) is 17.3 Å². The minimum Gasteiger partial charge on any atom is -0.285 e. The molecule has 0 bridgehead atoms. The zero-order chi connectivity index (χ0) is 12.5. The topological polar surface area (TPSA) is 129 Å². The highest BCUT2D eigenvalue weighted by Crippen LogP contribution is 2.35. The second-order valence-electron chi connectivity index (χ2n) is 3.53. The number of hydrogen-bond acceptors (Lipinski definition) is 5. The predicted octanol–water partition coefficient (Wildman–Crippen LogP) is 1.10. The largest absolute Gasteiger partial charge is 0.322 e. The highest BCUT2D eigenvalue weighted by molar-refractivity contribution is 5.80. The van der Waals surface area contributed by atoms with Gasteiger partial charge in [0.25, 0.3) is 0 Å². The molecule has 0 atom stereocenters. The Morgan fingerprint density at radius 3 is 2.33 bits per heavy atom. The molecule has 0 aliphatic rings. The monoisotopic (exact) mass is 245 g/mol. The van der Waals surface area contributed by atoms with E-state index >= 15 is 0 Å². The zero-order valence-electron chi connectivity index (χ0n) is 8.91. The van der Waals surface area contributed by atoms with E-state index < -0.39 is 4.92 Å². The lowest BCUT2D eigenvalue weighted by atomic mass is 10.1. The smallest absolute Gasteiger partial charge is 0.285 e. The van der Waals surface area contributed by atoms with Gasteiger partial charge in [-0.2, -0.15) is 15.3 Å². The number of H-pyrrole nitrogens is 3. The van der Waals surface area contributed by atoms with Crippen LogP contribution in [0.3, 0.4) is 0 Å². The summed E-state index contributed by atoms with van der Waals surface area (Å²) in [6.07, 6.45) is 6.06. The van der Waals surface area contributed by atoms with E-state index in [9.17, 15) is 10.1 Å². The van der Waals surface area contributed by atoms with E-state index in [1.165, 1.54) is 12.4 Å².